The van der Waals surface area contributed by atoms with Crippen molar-refractivity contribution in [1.82, 2.24) is 4.98 Å². The summed E-state index contributed by atoms with van der Waals surface area (Å²) in [6, 6.07) is 4.03. The molecule has 2 rings (SSSR count). The molecule has 2 heterocycles. The van der Waals surface area contributed by atoms with E-state index in [1.165, 1.54) is 0 Å². The highest BCUT2D eigenvalue weighted by atomic mass is 16.5. The number of nitrogens with zero attached hydrogens (tertiary/aromatic N) is 2. The van der Waals surface area contributed by atoms with Crippen LogP contribution in [-0.2, 0) is 9.47 Å². The van der Waals surface area contributed by atoms with Gasteiger partial charge in [0.1, 0.15) is 0 Å². The lowest BCUT2D eigenvalue weighted by Crippen LogP contribution is -2.44. The lowest BCUT2D eigenvalue weighted by molar-refractivity contribution is -0.0100. The first-order valence-electron chi connectivity index (χ1n) is 5.15. The van der Waals surface area contributed by atoms with E-state index in [1.807, 2.05) is 12.3 Å². The third kappa shape index (κ3) is 2.67. The van der Waals surface area contributed by atoms with Crippen molar-refractivity contribution in [2.75, 3.05) is 38.3 Å². The molecule has 1 fully saturated rings. The Kier molecular flexibility index (Phi) is 3.53. The molecule has 0 radical (unpaired) electrons. The predicted molar refractivity (Wildman–Crippen MR) is 58.1 cm³/mol. The molecule has 0 spiro atoms. The van der Waals surface area contributed by atoms with Gasteiger partial charge in [0.15, 0.2) is 0 Å². The average Bonchev–Trinajstić information content (AvgIpc) is 2.31. The number of hydrogen-bond donors (Lipinski definition) is 0. The van der Waals surface area contributed by atoms with Crippen LogP contribution in [0, 0.1) is 0 Å². The summed E-state index contributed by atoms with van der Waals surface area (Å²) in [5.41, 5.74) is 1.15. The molecule has 0 saturated carbocycles. The highest BCUT2D eigenvalue weighted by Gasteiger charge is 2.20. The smallest absolute Gasteiger partial charge is 0.0983 e. The SMILES string of the molecule is COC[C@H]1CN(c2cccnc2)CCO1. The summed E-state index contributed by atoms with van der Waals surface area (Å²) in [6.45, 7) is 3.20. The third-order valence-corrected chi connectivity index (χ3v) is 2.50. The van der Waals surface area contributed by atoms with Gasteiger partial charge in [-0.15, -0.1) is 0 Å². The normalized spacial score (nSPS) is 21.7. The Morgan fingerprint density at radius 2 is 2.60 bits per heavy atom. The zero-order chi connectivity index (χ0) is 10.5. The molecule has 4 nitrogen and oxygen atoms in total. The van der Waals surface area contributed by atoms with E-state index in [4.69, 9.17) is 9.47 Å². The fraction of sp³-hybridized carbons (Fsp3) is 0.545. The second kappa shape index (κ2) is 5.09. The Morgan fingerprint density at radius 1 is 1.67 bits per heavy atom. The fourth-order valence-corrected chi connectivity index (χ4v) is 1.78. The highest BCUT2D eigenvalue weighted by molar-refractivity contribution is 5.44. The van der Waals surface area contributed by atoms with Crippen LogP contribution < -0.4 is 4.90 Å². The van der Waals surface area contributed by atoms with E-state index in [1.54, 1.807) is 13.3 Å². The van der Waals surface area contributed by atoms with Crippen LogP contribution in [0.15, 0.2) is 24.5 Å². The van der Waals surface area contributed by atoms with Crippen LogP contribution in [0.2, 0.25) is 0 Å². The summed E-state index contributed by atoms with van der Waals surface area (Å²) in [5.74, 6) is 0. The number of ether oxygens (including phenoxy) is 2. The Hall–Kier alpha value is -1.13. The highest BCUT2D eigenvalue weighted by Crippen LogP contribution is 2.15. The molecule has 4 heteroatoms. The monoisotopic (exact) mass is 208 g/mol. The van der Waals surface area contributed by atoms with Crippen LogP contribution in [0.5, 0.6) is 0 Å². The van der Waals surface area contributed by atoms with Crippen molar-refractivity contribution >= 4 is 5.69 Å². The zero-order valence-electron chi connectivity index (χ0n) is 8.93. The van der Waals surface area contributed by atoms with Crippen LogP contribution >= 0.6 is 0 Å². The summed E-state index contributed by atoms with van der Waals surface area (Å²) in [6.07, 6.45) is 3.84. The number of hydrogen-bond acceptors (Lipinski definition) is 4. The summed E-state index contributed by atoms with van der Waals surface area (Å²) in [7, 11) is 1.70. The van der Waals surface area contributed by atoms with E-state index in [0.717, 1.165) is 25.4 Å². The van der Waals surface area contributed by atoms with Crippen LogP contribution in [0.4, 0.5) is 5.69 Å². The standard InChI is InChI=1S/C11H16N2O2/c1-14-9-11-8-13(5-6-15-11)10-3-2-4-12-7-10/h2-4,7,11H,5-6,8-9H2,1H3/t11-/m1/s1. The molecular weight excluding hydrogens is 192 g/mol. The number of rotatable bonds is 3. The largest absolute Gasteiger partial charge is 0.382 e. The first kappa shape index (κ1) is 10.4. The van der Waals surface area contributed by atoms with Crippen molar-refractivity contribution in [2.24, 2.45) is 0 Å². The number of anilines is 1. The van der Waals surface area contributed by atoms with Gasteiger partial charge >= 0.3 is 0 Å². The van der Waals surface area contributed by atoms with E-state index in [9.17, 15) is 0 Å². The molecule has 1 aromatic heterocycles. The van der Waals surface area contributed by atoms with Crippen molar-refractivity contribution < 1.29 is 9.47 Å². The number of methoxy groups -OCH3 is 1. The van der Waals surface area contributed by atoms with Crippen LogP contribution in [-0.4, -0.2) is 44.5 Å². The maximum absolute atomic E-state index is 5.58. The van der Waals surface area contributed by atoms with Crippen molar-refractivity contribution in [3.8, 4) is 0 Å². The summed E-state index contributed by atoms with van der Waals surface area (Å²) in [5, 5.41) is 0. The molecule has 0 aromatic carbocycles. The van der Waals surface area contributed by atoms with Crippen molar-refractivity contribution in [3.63, 3.8) is 0 Å². The minimum absolute atomic E-state index is 0.170. The Labute approximate surface area is 89.8 Å². The number of pyridine rings is 1. The summed E-state index contributed by atoms with van der Waals surface area (Å²) >= 11 is 0. The minimum atomic E-state index is 0.170. The second-order valence-corrected chi connectivity index (χ2v) is 3.61. The maximum atomic E-state index is 5.58. The van der Waals surface area contributed by atoms with Gasteiger partial charge in [-0.05, 0) is 12.1 Å². The van der Waals surface area contributed by atoms with E-state index < -0.39 is 0 Å². The number of aromatic nitrogens is 1. The predicted octanol–water partition coefficient (Wildman–Crippen LogP) is 0.933. The molecule has 0 aliphatic carbocycles. The molecule has 15 heavy (non-hydrogen) atoms. The topological polar surface area (TPSA) is 34.6 Å². The van der Waals surface area contributed by atoms with Crippen LogP contribution in [0.3, 0.4) is 0 Å². The lowest BCUT2D eigenvalue weighted by atomic mass is 10.2. The van der Waals surface area contributed by atoms with Gasteiger partial charge in [0, 0.05) is 26.4 Å². The van der Waals surface area contributed by atoms with Gasteiger partial charge in [-0.2, -0.15) is 0 Å². The number of morpholine rings is 1. The van der Waals surface area contributed by atoms with Gasteiger partial charge in [0.05, 0.1) is 31.2 Å². The first-order chi connectivity index (χ1) is 7.40. The van der Waals surface area contributed by atoms with Crippen molar-refractivity contribution in [2.45, 2.75) is 6.10 Å². The van der Waals surface area contributed by atoms with Gasteiger partial charge in [-0.25, -0.2) is 0 Å². The van der Waals surface area contributed by atoms with E-state index in [-0.39, 0.29) is 6.10 Å². The van der Waals surface area contributed by atoms with Crippen LogP contribution in [0.25, 0.3) is 0 Å². The molecule has 1 aliphatic rings. The minimum Gasteiger partial charge on any atom is -0.382 e. The third-order valence-electron chi connectivity index (χ3n) is 2.50. The summed E-state index contributed by atoms with van der Waals surface area (Å²) in [4.78, 5) is 6.40. The van der Waals surface area contributed by atoms with Gasteiger partial charge in [0.25, 0.3) is 0 Å². The Bertz CT molecular complexity index is 290. The quantitative estimate of drug-likeness (QED) is 0.740. The zero-order valence-corrected chi connectivity index (χ0v) is 8.93. The molecule has 1 aliphatic heterocycles. The van der Waals surface area contributed by atoms with E-state index in [2.05, 4.69) is 16.0 Å². The van der Waals surface area contributed by atoms with E-state index >= 15 is 0 Å². The molecule has 1 aromatic rings. The van der Waals surface area contributed by atoms with Gasteiger partial charge in [0.2, 0.25) is 0 Å². The molecule has 1 saturated heterocycles. The molecule has 0 bridgehead atoms. The lowest BCUT2D eigenvalue weighted by Gasteiger charge is -2.33. The summed E-state index contributed by atoms with van der Waals surface area (Å²) < 4.78 is 10.7. The van der Waals surface area contributed by atoms with Crippen molar-refractivity contribution in [3.05, 3.63) is 24.5 Å². The Morgan fingerprint density at radius 3 is 3.33 bits per heavy atom. The van der Waals surface area contributed by atoms with Gasteiger partial charge < -0.3 is 14.4 Å². The van der Waals surface area contributed by atoms with Crippen molar-refractivity contribution in [1.29, 1.82) is 0 Å². The molecular formula is C11H16N2O2. The molecule has 0 N–H and O–H groups in total. The Balaban J connectivity index is 1.98. The maximum Gasteiger partial charge on any atom is 0.0983 e. The molecule has 0 amide bonds. The molecule has 1 atom stereocenters. The second-order valence-electron chi connectivity index (χ2n) is 3.61. The van der Waals surface area contributed by atoms with Gasteiger partial charge in [-0.3, -0.25) is 4.98 Å². The molecule has 0 unspecified atom stereocenters. The first-order valence-corrected chi connectivity index (χ1v) is 5.15. The van der Waals surface area contributed by atoms with Gasteiger partial charge in [-0.1, -0.05) is 0 Å². The molecule has 82 valence electrons. The average molecular weight is 208 g/mol. The van der Waals surface area contributed by atoms with Crippen LogP contribution in [0.1, 0.15) is 0 Å². The fourth-order valence-electron chi connectivity index (χ4n) is 1.78. The van der Waals surface area contributed by atoms with E-state index in [0.29, 0.717) is 6.61 Å².